The van der Waals surface area contributed by atoms with Crippen molar-refractivity contribution in [3.63, 3.8) is 0 Å². The molecule has 44 heavy (non-hydrogen) atoms. The average Bonchev–Trinajstić information content (AvgIpc) is 2.94. The first kappa shape index (κ1) is 32.4. The summed E-state index contributed by atoms with van der Waals surface area (Å²) in [5, 5.41) is 0. The molecule has 1 heterocycles. The molecule has 0 bridgehead atoms. The fourth-order valence-corrected chi connectivity index (χ4v) is 4.43. The van der Waals surface area contributed by atoms with E-state index in [0.717, 1.165) is 22.6 Å². The van der Waals surface area contributed by atoms with Crippen molar-refractivity contribution in [1.82, 2.24) is 9.88 Å². The fraction of sp³-hybridized carbons (Fsp3) is 0.226. The number of hydrogen-bond donors (Lipinski definition) is 0. The van der Waals surface area contributed by atoms with Crippen LogP contribution in [0, 0.1) is 6.92 Å². The standard InChI is InChI=1S/C31H23F9N2O2/c1-18-6-3-4-9-25(18)26-14-23(17-44-24-8-5-7-20(13-24)29(32,33)34)41-15-27(26)28(43)42(2)16-19-10-21(30(35,36)37)12-22(11-19)31(38,39)40/h3-15H,16-17H2,1-2H3. The van der Waals surface area contributed by atoms with Gasteiger partial charge in [0.2, 0.25) is 0 Å². The summed E-state index contributed by atoms with van der Waals surface area (Å²) in [6.45, 7) is 0.905. The first-order chi connectivity index (χ1) is 20.4. The number of rotatable bonds is 7. The van der Waals surface area contributed by atoms with Crippen molar-refractivity contribution in [3.8, 4) is 16.9 Å². The van der Waals surface area contributed by atoms with Crippen molar-refractivity contribution in [2.75, 3.05) is 7.05 Å². The second kappa shape index (κ2) is 12.2. The van der Waals surface area contributed by atoms with E-state index in [1.807, 2.05) is 0 Å². The highest BCUT2D eigenvalue weighted by Crippen LogP contribution is 2.37. The predicted octanol–water partition coefficient (Wildman–Crippen LogP) is 8.96. The Balaban J connectivity index is 1.66. The molecule has 0 fully saturated rings. The van der Waals surface area contributed by atoms with Gasteiger partial charge in [0.25, 0.3) is 5.91 Å². The van der Waals surface area contributed by atoms with E-state index in [4.69, 9.17) is 4.74 Å². The van der Waals surface area contributed by atoms with Crippen molar-refractivity contribution in [2.24, 2.45) is 0 Å². The van der Waals surface area contributed by atoms with E-state index in [0.29, 0.717) is 23.3 Å². The van der Waals surface area contributed by atoms with Gasteiger partial charge in [-0.15, -0.1) is 0 Å². The Labute approximate surface area is 245 Å². The van der Waals surface area contributed by atoms with Crippen molar-refractivity contribution >= 4 is 5.91 Å². The van der Waals surface area contributed by atoms with E-state index in [2.05, 4.69) is 4.98 Å². The van der Waals surface area contributed by atoms with Gasteiger partial charge in [-0.2, -0.15) is 39.5 Å². The molecule has 0 aliphatic heterocycles. The fourth-order valence-electron chi connectivity index (χ4n) is 4.43. The number of halogens is 9. The second-order valence-corrected chi connectivity index (χ2v) is 9.93. The maximum atomic E-state index is 13.5. The lowest BCUT2D eigenvalue weighted by Crippen LogP contribution is -2.27. The van der Waals surface area contributed by atoms with Gasteiger partial charge >= 0.3 is 18.5 Å². The maximum absolute atomic E-state index is 13.5. The van der Waals surface area contributed by atoms with Crippen LogP contribution in [0.2, 0.25) is 0 Å². The monoisotopic (exact) mass is 626 g/mol. The molecular formula is C31H23F9N2O2. The lowest BCUT2D eigenvalue weighted by atomic mass is 9.96. The first-order valence-electron chi connectivity index (χ1n) is 12.8. The van der Waals surface area contributed by atoms with E-state index in [1.54, 1.807) is 31.2 Å². The van der Waals surface area contributed by atoms with Crippen LogP contribution in [0.5, 0.6) is 5.75 Å². The number of alkyl halides is 9. The summed E-state index contributed by atoms with van der Waals surface area (Å²) < 4.78 is 125. The number of nitrogens with zero attached hydrogens (tertiary/aromatic N) is 2. The number of aromatic nitrogens is 1. The van der Waals surface area contributed by atoms with Gasteiger partial charge in [-0.05, 0) is 71.6 Å². The van der Waals surface area contributed by atoms with Gasteiger partial charge in [-0.25, -0.2) is 0 Å². The zero-order valence-corrected chi connectivity index (χ0v) is 23.0. The molecule has 0 aliphatic carbocycles. The minimum atomic E-state index is -5.05. The third kappa shape index (κ3) is 7.69. The topological polar surface area (TPSA) is 42.4 Å². The van der Waals surface area contributed by atoms with Crippen LogP contribution in [0.4, 0.5) is 39.5 Å². The van der Waals surface area contributed by atoms with E-state index in [1.165, 1.54) is 31.4 Å². The molecule has 3 aromatic carbocycles. The lowest BCUT2D eigenvalue weighted by Gasteiger charge is -2.22. The molecular weight excluding hydrogens is 603 g/mol. The molecule has 4 rings (SSSR count). The molecule has 0 atom stereocenters. The number of carbonyl (C=O) groups is 1. The second-order valence-electron chi connectivity index (χ2n) is 9.93. The zero-order chi connectivity index (χ0) is 32.4. The highest BCUT2D eigenvalue weighted by molar-refractivity contribution is 6.00. The highest BCUT2D eigenvalue weighted by atomic mass is 19.4. The van der Waals surface area contributed by atoms with E-state index >= 15 is 0 Å². The normalized spacial score (nSPS) is 12.2. The Morgan fingerprint density at radius 1 is 0.750 bits per heavy atom. The number of pyridine rings is 1. The van der Waals surface area contributed by atoms with Crippen LogP contribution in [-0.2, 0) is 31.7 Å². The molecule has 13 heteroatoms. The van der Waals surface area contributed by atoms with Crippen LogP contribution >= 0.6 is 0 Å². The summed E-state index contributed by atoms with van der Waals surface area (Å²) in [6, 6.07) is 13.7. The van der Waals surface area contributed by atoms with Gasteiger partial charge in [0.15, 0.2) is 0 Å². The van der Waals surface area contributed by atoms with Crippen molar-refractivity contribution in [3.05, 3.63) is 118 Å². The van der Waals surface area contributed by atoms with Gasteiger partial charge < -0.3 is 9.64 Å². The molecule has 0 N–H and O–H groups in total. The molecule has 4 nitrogen and oxygen atoms in total. The highest BCUT2D eigenvalue weighted by Gasteiger charge is 2.37. The summed E-state index contributed by atoms with van der Waals surface area (Å²) in [6.07, 6.45) is -13.5. The largest absolute Gasteiger partial charge is 0.487 e. The number of hydrogen-bond acceptors (Lipinski definition) is 3. The van der Waals surface area contributed by atoms with Crippen LogP contribution in [0.15, 0.2) is 79.0 Å². The smallest absolute Gasteiger partial charge is 0.416 e. The Bertz CT molecular complexity index is 1630. The van der Waals surface area contributed by atoms with Gasteiger partial charge in [0.05, 0.1) is 27.9 Å². The summed E-state index contributed by atoms with van der Waals surface area (Å²) in [5.41, 5.74) is -2.43. The quantitative estimate of drug-likeness (QED) is 0.192. The van der Waals surface area contributed by atoms with Gasteiger partial charge in [0.1, 0.15) is 12.4 Å². The van der Waals surface area contributed by atoms with E-state index in [-0.39, 0.29) is 35.2 Å². The van der Waals surface area contributed by atoms with Gasteiger partial charge in [-0.1, -0.05) is 30.3 Å². The average molecular weight is 627 g/mol. The lowest BCUT2D eigenvalue weighted by molar-refractivity contribution is -0.143. The molecule has 232 valence electrons. The molecule has 4 aromatic rings. The van der Waals surface area contributed by atoms with Crippen LogP contribution in [0.25, 0.3) is 11.1 Å². The Kier molecular flexibility index (Phi) is 8.98. The third-order valence-electron chi connectivity index (χ3n) is 6.59. The van der Waals surface area contributed by atoms with Crippen LogP contribution in [0.3, 0.4) is 0 Å². The summed E-state index contributed by atoms with van der Waals surface area (Å²) >= 11 is 0. The van der Waals surface area contributed by atoms with Gasteiger partial charge in [-0.3, -0.25) is 9.78 Å². The van der Waals surface area contributed by atoms with Crippen LogP contribution < -0.4 is 4.74 Å². The minimum absolute atomic E-state index is 0.00565. The van der Waals surface area contributed by atoms with Crippen molar-refractivity contribution in [2.45, 2.75) is 38.6 Å². The molecule has 0 saturated carbocycles. The SMILES string of the molecule is Cc1ccccc1-c1cc(COc2cccc(C(F)(F)F)c2)ncc1C(=O)N(C)Cc1cc(C(F)(F)F)cc(C(F)(F)F)c1. The molecule has 1 aromatic heterocycles. The molecule has 0 radical (unpaired) electrons. The minimum Gasteiger partial charge on any atom is -0.487 e. The number of benzene rings is 3. The van der Waals surface area contributed by atoms with Gasteiger partial charge in [0, 0.05) is 19.8 Å². The van der Waals surface area contributed by atoms with Crippen molar-refractivity contribution < 1.29 is 49.0 Å². The Hall–Kier alpha value is -4.55. The molecule has 0 saturated heterocycles. The molecule has 0 aliphatic rings. The van der Waals surface area contributed by atoms with E-state index in [9.17, 15) is 44.3 Å². The maximum Gasteiger partial charge on any atom is 0.416 e. The number of aryl methyl sites for hydroxylation is 1. The molecule has 0 spiro atoms. The molecule has 1 amide bonds. The zero-order valence-electron chi connectivity index (χ0n) is 23.0. The Morgan fingerprint density at radius 3 is 1.95 bits per heavy atom. The Morgan fingerprint density at radius 2 is 1.36 bits per heavy atom. The number of carbonyl (C=O) groups excluding carboxylic acids is 1. The summed E-state index contributed by atoms with van der Waals surface area (Å²) in [5.74, 6) is -0.815. The van der Waals surface area contributed by atoms with Crippen molar-refractivity contribution in [1.29, 1.82) is 0 Å². The third-order valence-corrected chi connectivity index (χ3v) is 6.59. The predicted molar refractivity (Wildman–Crippen MR) is 142 cm³/mol. The van der Waals surface area contributed by atoms with E-state index < -0.39 is 47.7 Å². The number of ether oxygens (including phenoxy) is 1. The summed E-state index contributed by atoms with van der Waals surface area (Å²) in [4.78, 5) is 18.7. The summed E-state index contributed by atoms with van der Waals surface area (Å²) in [7, 11) is 1.22. The first-order valence-corrected chi connectivity index (χ1v) is 12.8. The van der Waals surface area contributed by atoms with Crippen LogP contribution in [-0.4, -0.2) is 22.8 Å². The number of amides is 1. The molecule has 0 unspecified atom stereocenters. The van der Waals surface area contributed by atoms with Crippen LogP contribution in [0.1, 0.15) is 43.9 Å².